The van der Waals surface area contributed by atoms with Crippen LogP contribution in [0.5, 0.6) is 0 Å². The van der Waals surface area contributed by atoms with E-state index in [0.717, 1.165) is 29.6 Å². The van der Waals surface area contributed by atoms with E-state index in [1.54, 1.807) is 12.1 Å². The summed E-state index contributed by atoms with van der Waals surface area (Å²) in [5, 5.41) is 12.6. The predicted octanol–water partition coefficient (Wildman–Crippen LogP) is 4.43. The number of nitrogens with one attached hydrogen (secondary N) is 2. The van der Waals surface area contributed by atoms with Gasteiger partial charge in [-0.1, -0.05) is 29.3 Å². The monoisotopic (exact) mass is 468 g/mol. The van der Waals surface area contributed by atoms with Gasteiger partial charge in [-0.25, -0.2) is 8.42 Å². The van der Waals surface area contributed by atoms with E-state index < -0.39 is 27.8 Å². The Labute approximate surface area is 194 Å². The third kappa shape index (κ3) is 4.27. The fraction of sp³-hybridized carbons (Fsp3) is 0.360. The Balaban J connectivity index is 1.51. The average molecular weight is 469 g/mol. The number of carbonyl (C=O) groups excluding carboxylic acids is 1. The van der Waals surface area contributed by atoms with Crippen LogP contribution in [0.15, 0.2) is 64.6 Å². The van der Waals surface area contributed by atoms with Crippen LogP contribution in [0.3, 0.4) is 0 Å². The van der Waals surface area contributed by atoms with Gasteiger partial charge in [0.05, 0.1) is 22.4 Å². The normalized spacial score (nSPS) is 23.9. The number of para-hydroxylation sites is 1. The molecule has 174 valence electrons. The van der Waals surface area contributed by atoms with Gasteiger partial charge < -0.3 is 10.4 Å². The maximum atomic E-state index is 13.1. The van der Waals surface area contributed by atoms with E-state index in [4.69, 9.17) is 0 Å². The average Bonchev–Trinajstić information content (AvgIpc) is 3.32. The van der Waals surface area contributed by atoms with Crippen molar-refractivity contribution in [2.24, 2.45) is 23.7 Å². The molecule has 0 radical (unpaired) electrons. The summed E-state index contributed by atoms with van der Waals surface area (Å²) in [5.41, 5.74) is 3.95. The number of amides is 1. The smallest absolute Gasteiger partial charge is 0.307 e. The maximum Gasteiger partial charge on any atom is 0.307 e. The molecular formula is C25H28N2O5S. The van der Waals surface area contributed by atoms with Gasteiger partial charge in [0.25, 0.3) is 10.0 Å². The fourth-order valence-corrected chi connectivity index (χ4v) is 6.57. The van der Waals surface area contributed by atoms with Gasteiger partial charge in [-0.15, -0.1) is 0 Å². The van der Waals surface area contributed by atoms with E-state index >= 15 is 0 Å². The maximum absolute atomic E-state index is 13.1. The molecule has 4 atom stereocenters. The van der Waals surface area contributed by atoms with E-state index in [-0.39, 0.29) is 22.6 Å². The lowest BCUT2D eigenvalue weighted by Crippen LogP contribution is -2.37. The molecule has 8 heteroatoms. The van der Waals surface area contributed by atoms with Gasteiger partial charge in [0.1, 0.15) is 0 Å². The van der Waals surface area contributed by atoms with E-state index in [0.29, 0.717) is 11.4 Å². The number of sulfonamides is 1. The van der Waals surface area contributed by atoms with Crippen LogP contribution in [0, 0.1) is 30.6 Å². The first-order chi connectivity index (χ1) is 15.6. The Bertz CT molecular complexity index is 1230. The van der Waals surface area contributed by atoms with Crippen molar-refractivity contribution in [1.82, 2.24) is 0 Å². The number of aliphatic carboxylic acids is 1. The highest BCUT2D eigenvalue weighted by Gasteiger charge is 2.57. The highest BCUT2D eigenvalue weighted by molar-refractivity contribution is 7.92. The largest absolute Gasteiger partial charge is 0.481 e. The van der Waals surface area contributed by atoms with Crippen molar-refractivity contribution in [2.75, 3.05) is 10.0 Å². The summed E-state index contributed by atoms with van der Waals surface area (Å²) in [7, 11) is -3.79. The lowest BCUT2D eigenvalue weighted by molar-refractivity contribution is -0.148. The van der Waals surface area contributed by atoms with E-state index in [2.05, 4.69) is 10.0 Å². The number of rotatable bonds is 6. The number of carboxylic acid groups (broad SMARTS) is 1. The van der Waals surface area contributed by atoms with Crippen molar-refractivity contribution in [3.8, 4) is 0 Å². The molecule has 2 fully saturated rings. The molecule has 7 nitrogen and oxygen atoms in total. The highest BCUT2D eigenvalue weighted by atomic mass is 32.2. The molecule has 0 saturated heterocycles. The van der Waals surface area contributed by atoms with Crippen LogP contribution < -0.4 is 10.0 Å². The van der Waals surface area contributed by atoms with Gasteiger partial charge in [0.15, 0.2) is 0 Å². The molecule has 0 unspecified atom stereocenters. The summed E-state index contributed by atoms with van der Waals surface area (Å²) >= 11 is 0. The van der Waals surface area contributed by atoms with Gasteiger partial charge >= 0.3 is 5.97 Å². The zero-order valence-electron chi connectivity index (χ0n) is 18.8. The second kappa shape index (κ2) is 8.67. The minimum atomic E-state index is -3.79. The molecule has 0 spiro atoms. The van der Waals surface area contributed by atoms with Crippen molar-refractivity contribution < 1.29 is 23.1 Å². The highest BCUT2D eigenvalue weighted by Crippen LogP contribution is 2.57. The lowest BCUT2D eigenvalue weighted by Gasteiger charge is -2.26. The molecule has 33 heavy (non-hydrogen) atoms. The summed E-state index contributed by atoms with van der Waals surface area (Å²) in [6.45, 7) is 5.77. The van der Waals surface area contributed by atoms with Crippen LogP contribution in [-0.2, 0) is 19.6 Å². The minimum Gasteiger partial charge on any atom is -0.481 e. The van der Waals surface area contributed by atoms with E-state index in [1.807, 2.05) is 32.9 Å². The number of hydrogen-bond acceptors (Lipinski definition) is 4. The third-order valence-corrected chi connectivity index (χ3v) is 8.21. The molecule has 0 heterocycles. The molecule has 1 amide bonds. The van der Waals surface area contributed by atoms with Gasteiger partial charge in [-0.2, -0.15) is 0 Å². The number of hydrogen-bond donors (Lipinski definition) is 3. The number of carbonyl (C=O) groups is 2. The van der Waals surface area contributed by atoms with Crippen LogP contribution >= 0.6 is 0 Å². The molecule has 2 bridgehead atoms. The summed E-state index contributed by atoms with van der Waals surface area (Å²) < 4.78 is 28.0. The molecule has 3 N–H and O–H groups in total. The molecule has 2 aliphatic rings. The van der Waals surface area contributed by atoms with Gasteiger partial charge in [0, 0.05) is 5.69 Å². The number of carboxylic acids is 1. The standard InChI is InChI=1S/C25H28N2O5S/c1-14(2)21-18-12-13-19(21)23(25(29)30)22(18)24(28)26-16-8-10-17(11-9-16)33(31,32)27-20-7-5-4-6-15(20)3/h4-11,18-19,22-23,27H,12-13H2,1-3H3,(H,26,28)(H,29,30)/t18-,19-,22-,23+/m1/s1. The molecule has 0 aliphatic heterocycles. The van der Waals surface area contributed by atoms with Gasteiger partial charge in [-0.05, 0) is 81.3 Å². The molecular weight excluding hydrogens is 440 g/mol. The molecule has 2 saturated carbocycles. The molecule has 2 aliphatic carbocycles. The molecule has 2 aromatic rings. The van der Waals surface area contributed by atoms with Crippen LogP contribution in [0.1, 0.15) is 32.3 Å². The topological polar surface area (TPSA) is 113 Å². The lowest BCUT2D eigenvalue weighted by atomic mass is 9.78. The summed E-state index contributed by atoms with van der Waals surface area (Å²) in [5.74, 6) is -2.77. The second-order valence-electron chi connectivity index (χ2n) is 9.07. The minimum absolute atomic E-state index is 0.0564. The third-order valence-electron chi connectivity index (χ3n) is 6.83. The number of aryl methyl sites for hydroxylation is 1. The Kier molecular flexibility index (Phi) is 6.05. The zero-order valence-corrected chi connectivity index (χ0v) is 19.6. The van der Waals surface area contributed by atoms with Crippen LogP contribution in [-0.4, -0.2) is 25.4 Å². The number of allylic oxidation sites excluding steroid dienone is 2. The first-order valence-corrected chi connectivity index (χ1v) is 12.5. The van der Waals surface area contributed by atoms with E-state index in [1.165, 1.54) is 24.3 Å². The van der Waals surface area contributed by atoms with Crippen molar-refractivity contribution in [3.63, 3.8) is 0 Å². The predicted molar refractivity (Wildman–Crippen MR) is 126 cm³/mol. The molecule has 2 aromatic carbocycles. The van der Waals surface area contributed by atoms with Crippen LogP contribution in [0.4, 0.5) is 11.4 Å². The Hall–Kier alpha value is -3.13. The van der Waals surface area contributed by atoms with Crippen molar-refractivity contribution in [3.05, 3.63) is 65.2 Å². The second-order valence-corrected chi connectivity index (χ2v) is 10.8. The number of fused-ring (bicyclic) bond motifs is 2. The summed E-state index contributed by atoms with van der Waals surface area (Å²) in [6, 6.07) is 13.0. The first-order valence-electron chi connectivity index (χ1n) is 11.0. The Morgan fingerprint density at radius 1 is 0.939 bits per heavy atom. The van der Waals surface area contributed by atoms with Crippen LogP contribution in [0.25, 0.3) is 0 Å². The summed E-state index contributed by atoms with van der Waals surface area (Å²) in [6.07, 6.45) is 1.61. The number of benzene rings is 2. The van der Waals surface area contributed by atoms with Gasteiger partial charge in [0.2, 0.25) is 5.91 Å². The molecule has 4 rings (SSSR count). The van der Waals surface area contributed by atoms with Crippen LogP contribution in [0.2, 0.25) is 0 Å². The summed E-state index contributed by atoms with van der Waals surface area (Å²) in [4.78, 5) is 25.2. The zero-order chi connectivity index (χ0) is 23.9. The van der Waals surface area contributed by atoms with E-state index in [9.17, 15) is 23.1 Å². The Morgan fingerprint density at radius 3 is 2.12 bits per heavy atom. The van der Waals surface area contributed by atoms with Gasteiger partial charge in [-0.3, -0.25) is 14.3 Å². The van der Waals surface area contributed by atoms with Crippen molar-refractivity contribution >= 4 is 33.3 Å². The first kappa shape index (κ1) is 23.0. The van der Waals surface area contributed by atoms with Crippen molar-refractivity contribution in [1.29, 1.82) is 0 Å². The molecule has 0 aromatic heterocycles. The number of anilines is 2. The SMILES string of the molecule is CC(C)=C1[C@H]2CC[C@H]1[C@@H](C(=O)Nc1ccc(S(=O)(=O)Nc3ccccc3C)cc1)[C@H]2C(=O)O. The fourth-order valence-electron chi connectivity index (χ4n) is 5.44. The quantitative estimate of drug-likeness (QED) is 0.543. The van der Waals surface area contributed by atoms with Crippen molar-refractivity contribution in [2.45, 2.75) is 38.5 Å². The Morgan fingerprint density at radius 2 is 1.55 bits per heavy atom.